The highest BCUT2D eigenvalue weighted by Crippen LogP contribution is 2.45. The van der Waals surface area contributed by atoms with E-state index < -0.39 is 0 Å². The first-order valence-electron chi connectivity index (χ1n) is 42.9. The zero-order chi connectivity index (χ0) is 85.8. The predicted octanol–water partition coefficient (Wildman–Crippen LogP) is 25.7. The molecule has 3 aliphatic rings. The van der Waals surface area contributed by atoms with Gasteiger partial charge in [-0.15, -0.1) is 0 Å². The van der Waals surface area contributed by atoms with Crippen LogP contribution in [0.25, 0.3) is 203 Å². The van der Waals surface area contributed by atoms with Crippen molar-refractivity contribution >= 4 is 0 Å². The van der Waals surface area contributed by atoms with Gasteiger partial charge in [0, 0.05) is 142 Å². The Hall–Kier alpha value is -17.4. The maximum absolute atomic E-state index is 5.02. The van der Waals surface area contributed by atoms with E-state index in [1.165, 1.54) is 66.8 Å². The number of nitrogens with zero attached hydrogens (tertiary/aromatic N) is 15. The van der Waals surface area contributed by atoms with Gasteiger partial charge in [0.1, 0.15) is 0 Å². The lowest BCUT2D eigenvalue weighted by molar-refractivity contribution is 1.07. The standard InChI is InChI=1S/3C38H25N5/c1-3-9-25(10-4-1)36-41-37(26-11-5-2-6-12-26)43-38(42-36)30-16-8-14-28(22-30)27-13-7-15-29(21-27)35-34-23-31-24-39-19-17-32(31)33(34)18-20-40-35;1-3-9-25(10-4-1)27-13-7-15-29(21-27)37-41-36(26-11-5-2-6-12-26)42-38(43-37)30-16-8-14-28(22-30)35-34-23-31-24-39-19-17-32(31)33(34)18-20-40-35;1-3-8-27(9-4-1)36-41-37(28-10-5-2-6-11-28)43-38(42-36)30-13-7-12-29(22-30)25-14-16-26(17-15-25)35-34-23-31-24-39-20-18-32(31)33(34)19-21-40-35/h3*1-22,24H,23H2. The molecule has 129 heavy (non-hydrogen) atoms. The summed E-state index contributed by atoms with van der Waals surface area (Å²) < 4.78 is 0. The monoisotopic (exact) mass is 1650 g/mol. The number of rotatable bonds is 15. The average Bonchev–Trinajstić information content (AvgIpc) is 1.63. The van der Waals surface area contributed by atoms with Crippen molar-refractivity contribution in [1.29, 1.82) is 0 Å². The summed E-state index contributed by atoms with van der Waals surface area (Å²) >= 11 is 0. The first kappa shape index (κ1) is 77.6. The van der Waals surface area contributed by atoms with E-state index in [0.717, 1.165) is 136 Å². The third-order valence-electron chi connectivity index (χ3n) is 23.7. The molecule has 0 amide bonds. The molecule has 0 spiro atoms. The molecule has 21 aromatic rings. The molecule has 0 saturated heterocycles. The molecule has 3 aliphatic carbocycles. The van der Waals surface area contributed by atoms with Crippen molar-refractivity contribution < 1.29 is 0 Å². The molecule has 0 N–H and O–H groups in total. The maximum Gasteiger partial charge on any atom is 0.164 e. The Balaban J connectivity index is 0.000000114. The largest absolute Gasteiger partial charge is 0.264 e. The van der Waals surface area contributed by atoms with Crippen LogP contribution in [-0.2, 0) is 19.3 Å². The van der Waals surface area contributed by atoms with Crippen LogP contribution in [0.3, 0.4) is 0 Å². The van der Waals surface area contributed by atoms with Crippen LogP contribution in [0, 0.1) is 0 Å². The van der Waals surface area contributed by atoms with Gasteiger partial charge in [0.15, 0.2) is 52.4 Å². The van der Waals surface area contributed by atoms with Gasteiger partial charge in [0.05, 0.1) is 17.1 Å². The summed E-state index contributed by atoms with van der Waals surface area (Å²) in [7, 11) is 0. The molecule has 0 radical (unpaired) electrons. The molecule has 15 nitrogen and oxygen atoms in total. The van der Waals surface area contributed by atoms with Crippen LogP contribution in [0.2, 0.25) is 0 Å². The number of benzene rings is 12. The van der Waals surface area contributed by atoms with Crippen LogP contribution >= 0.6 is 0 Å². The second-order valence-corrected chi connectivity index (χ2v) is 31.8. The molecule has 0 bridgehead atoms. The first-order valence-corrected chi connectivity index (χ1v) is 42.9. The first-order chi connectivity index (χ1) is 63.9. The molecule has 0 aliphatic heterocycles. The Morgan fingerprint density at radius 1 is 0.147 bits per heavy atom. The topological polar surface area (TPSA) is 193 Å². The quantitative estimate of drug-likeness (QED) is 0.0940. The van der Waals surface area contributed by atoms with Crippen molar-refractivity contribution in [2.45, 2.75) is 19.3 Å². The molecular weight excluding hydrogens is 1580 g/mol. The molecule has 0 unspecified atom stereocenters. The van der Waals surface area contributed by atoms with E-state index in [-0.39, 0.29) is 0 Å². The molecular formula is C114H75N15. The van der Waals surface area contributed by atoms with Gasteiger partial charge in [-0.2, -0.15) is 0 Å². The summed E-state index contributed by atoms with van der Waals surface area (Å²) in [4.78, 5) is 71.7. The van der Waals surface area contributed by atoms with Crippen molar-refractivity contribution in [2.24, 2.45) is 0 Å². The van der Waals surface area contributed by atoms with Gasteiger partial charge in [-0.1, -0.05) is 297 Å². The van der Waals surface area contributed by atoms with Gasteiger partial charge in [-0.25, -0.2) is 44.9 Å². The molecule has 9 aromatic heterocycles. The Kier molecular flexibility index (Phi) is 20.9. The van der Waals surface area contributed by atoms with E-state index >= 15 is 0 Å². The zero-order valence-corrected chi connectivity index (χ0v) is 69.7. The molecule has 24 rings (SSSR count). The summed E-state index contributed by atoms with van der Waals surface area (Å²) in [5.74, 6) is 5.78. The third kappa shape index (κ3) is 16.0. The molecule has 9 heterocycles. The third-order valence-corrected chi connectivity index (χ3v) is 23.7. The molecule has 606 valence electrons. The summed E-state index contributed by atoms with van der Waals surface area (Å²) in [5.41, 5.74) is 36.3. The molecule has 15 heteroatoms. The number of pyridine rings is 6. The Morgan fingerprint density at radius 3 is 0.643 bits per heavy atom. The van der Waals surface area contributed by atoms with Crippen LogP contribution in [0.15, 0.2) is 420 Å². The highest BCUT2D eigenvalue weighted by molar-refractivity contribution is 5.88. The van der Waals surface area contributed by atoms with Crippen LogP contribution in [0.5, 0.6) is 0 Å². The lowest BCUT2D eigenvalue weighted by atomic mass is 9.97. The number of fused-ring (bicyclic) bond motifs is 9. The van der Waals surface area contributed by atoms with E-state index in [1.807, 2.05) is 213 Å². The van der Waals surface area contributed by atoms with Gasteiger partial charge in [-0.3, -0.25) is 29.9 Å². The molecule has 0 fully saturated rings. The van der Waals surface area contributed by atoms with Crippen molar-refractivity contribution in [1.82, 2.24) is 74.8 Å². The van der Waals surface area contributed by atoms with E-state index in [2.05, 4.69) is 221 Å². The van der Waals surface area contributed by atoms with Gasteiger partial charge < -0.3 is 0 Å². The highest BCUT2D eigenvalue weighted by Gasteiger charge is 2.28. The normalized spacial score (nSPS) is 11.6. The predicted molar refractivity (Wildman–Crippen MR) is 513 cm³/mol. The van der Waals surface area contributed by atoms with Crippen molar-refractivity contribution in [2.75, 3.05) is 0 Å². The average molecular weight is 1650 g/mol. The van der Waals surface area contributed by atoms with E-state index in [1.54, 1.807) is 0 Å². The fraction of sp³-hybridized carbons (Fsp3) is 0.0263. The summed E-state index contributed by atoms with van der Waals surface area (Å²) in [6.45, 7) is 0. The molecule has 0 saturated carbocycles. The van der Waals surface area contributed by atoms with E-state index in [0.29, 0.717) is 52.4 Å². The van der Waals surface area contributed by atoms with Crippen molar-refractivity contribution in [3.05, 3.63) is 453 Å². The SMILES string of the molecule is c1ccc(-c2cccc(-c3nc(-c4ccccc4)nc(-c4cccc(-c5nccc6c5Cc5cnccc5-6)c4)n3)c2)cc1.c1ccc(-c2nc(-c3ccccc3)nc(-c3cccc(-c4ccc(-c5nccc6c5Cc5cnccc5-6)cc4)c3)n2)cc1.c1ccc(-c2nc(-c3ccccc3)nc(-c3cccc(-c4cccc(-c5nccc6c5Cc5cnccc5-6)c4)c3)n2)cc1. The second-order valence-electron chi connectivity index (χ2n) is 31.8. The number of hydrogen-bond donors (Lipinski definition) is 0. The summed E-state index contributed by atoms with van der Waals surface area (Å²) in [6, 6.07) is 124. The molecule has 12 aromatic carbocycles. The van der Waals surface area contributed by atoms with Crippen molar-refractivity contribution in [3.63, 3.8) is 0 Å². The maximum atomic E-state index is 5.02. The Labute approximate surface area is 745 Å². The summed E-state index contributed by atoms with van der Waals surface area (Å²) in [6.07, 6.45) is 19.7. The van der Waals surface area contributed by atoms with Gasteiger partial charge in [0.25, 0.3) is 0 Å². The minimum absolute atomic E-state index is 0.621. The number of hydrogen-bond acceptors (Lipinski definition) is 15. The van der Waals surface area contributed by atoms with E-state index in [9.17, 15) is 0 Å². The lowest BCUT2D eigenvalue weighted by Crippen LogP contribution is -2.00. The molecule has 0 atom stereocenters. The second kappa shape index (κ2) is 34.7. The smallest absolute Gasteiger partial charge is 0.164 e. The van der Waals surface area contributed by atoms with Crippen molar-refractivity contribution in [3.8, 4) is 203 Å². The minimum Gasteiger partial charge on any atom is -0.264 e. The highest BCUT2D eigenvalue weighted by atomic mass is 15.1. The van der Waals surface area contributed by atoms with Crippen LogP contribution in [-0.4, -0.2) is 74.8 Å². The number of aromatic nitrogens is 15. The fourth-order valence-corrected chi connectivity index (χ4v) is 17.4. The van der Waals surface area contributed by atoms with E-state index in [4.69, 9.17) is 59.8 Å². The lowest BCUT2D eigenvalue weighted by Gasteiger charge is -2.11. The zero-order valence-electron chi connectivity index (χ0n) is 69.7. The fourth-order valence-electron chi connectivity index (χ4n) is 17.4. The van der Waals surface area contributed by atoms with Crippen LogP contribution in [0.4, 0.5) is 0 Å². The van der Waals surface area contributed by atoms with Gasteiger partial charge in [-0.05, 0) is 167 Å². The van der Waals surface area contributed by atoms with Crippen LogP contribution < -0.4 is 0 Å². The Morgan fingerprint density at radius 2 is 0.349 bits per heavy atom. The minimum atomic E-state index is 0.621. The van der Waals surface area contributed by atoms with Gasteiger partial charge >= 0.3 is 0 Å². The summed E-state index contributed by atoms with van der Waals surface area (Å²) in [5, 5.41) is 0. The van der Waals surface area contributed by atoms with Crippen LogP contribution in [0.1, 0.15) is 33.4 Å². The Bertz CT molecular complexity index is 7640. The van der Waals surface area contributed by atoms with Gasteiger partial charge in [0.2, 0.25) is 0 Å².